The van der Waals surface area contributed by atoms with Gasteiger partial charge in [-0.25, -0.2) is 0 Å². The molecule has 76 valence electrons. The molecule has 0 aliphatic carbocycles. The Labute approximate surface area is 81.5 Å². The van der Waals surface area contributed by atoms with Crippen molar-refractivity contribution in [1.29, 1.82) is 0 Å². The first-order chi connectivity index (χ1) is 6.07. The highest BCUT2D eigenvalue weighted by Crippen LogP contribution is 2.36. The number of fused-ring (bicyclic) bond motifs is 2. The quantitative estimate of drug-likeness (QED) is 0.665. The minimum absolute atomic E-state index is 0.0358. The number of nitrogens with zero attached hydrogens (tertiary/aromatic N) is 1. The highest BCUT2D eigenvalue weighted by Gasteiger charge is 2.38. The summed E-state index contributed by atoms with van der Waals surface area (Å²) in [4.78, 5) is 2.61. The van der Waals surface area contributed by atoms with E-state index in [0.717, 1.165) is 11.8 Å². The second-order valence-electron chi connectivity index (χ2n) is 5.42. The molecule has 0 aromatic carbocycles. The molecule has 2 aliphatic rings. The zero-order chi connectivity index (χ0) is 9.47. The van der Waals surface area contributed by atoms with Gasteiger partial charge in [0.05, 0.1) is 0 Å². The first-order valence-corrected chi connectivity index (χ1v) is 5.58. The van der Waals surface area contributed by atoms with Crippen molar-refractivity contribution in [2.24, 2.45) is 17.6 Å². The average Bonchev–Trinajstić information content (AvgIpc) is 2.02. The minimum Gasteiger partial charge on any atom is -0.325 e. The fourth-order valence-electron chi connectivity index (χ4n) is 3.16. The molecular weight excluding hydrogens is 160 g/mol. The Morgan fingerprint density at radius 3 is 2.69 bits per heavy atom. The smallest absolute Gasteiger partial charge is 0.0129 e. The number of piperidine rings is 2. The van der Waals surface area contributed by atoms with Crippen molar-refractivity contribution in [2.45, 2.75) is 38.6 Å². The zero-order valence-electron chi connectivity index (χ0n) is 8.92. The van der Waals surface area contributed by atoms with Gasteiger partial charge in [0.2, 0.25) is 0 Å². The van der Waals surface area contributed by atoms with Crippen LogP contribution < -0.4 is 5.73 Å². The highest BCUT2D eigenvalue weighted by atomic mass is 15.1. The van der Waals surface area contributed by atoms with Crippen molar-refractivity contribution in [3.8, 4) is 0 Å². The van der Waals surface area contributed by atoms with E-state index in [4.69, 9.17) is 5.73 Å². The van der Waals surface area contributed by atoms with E-state index in [1.807, 2.05) is 0 Å². The van der Waals surface area contributed by atoms with E-state index in [1.54, 1.807) is 0 Å². The van der Waals surface area contributed by atoms with Crippen molar-refractivity contribution in [1.82, 2.24) is 4.90 Å². The van der Waals surface area contributed by atoms with Crippen LogP contribution in [0.15, 0.2) is 0 Å². The van der Waals surface area contributed by atoms with Crippen LogP contribution in [0, 0.1) is 11.8 Å². The fraction of sp³-hybridized carbons (Fsp3) is 1.00. The van der Waals surface area contributed by atoms with Crippen LogP contribution in [-0.4, -0.2) is 30.1 Å². The summed E-state index contributed by atoms with van der Waals surface area (Å²) in [6.45, 7) is 8.31. The standard InChI is InChI=1S/C11H22N2/c1-11(2,12)10-5-7-13-6-3-4-9(10)8-13/h9-10H,3-8,12H2,1-2H3. The Balaban J connectivity index is 2.05. The highest BCUT2D eigenvalue weighted by molar-refractivity contribution is 4.93. The molecule has 2 rings (SSSR count). The zero-order valence-corrected chi connectivity index (χ0v) is 8.92. The van der Waals surface area contributed by atoms with E-state index < -0.39 is 0 Å². The van der Waals surface area contributed by atoms with Crippen LogP contribution in [0.2, 0.25) is 0 Å². The molecule has 0 saturated carbocycles. The predicted octanol–water partition coefficient (Wildman–Crippen LogP) is 1.46. The van der Waals surface area contributed by atoms with Crippen LogP contribution in [-0.2, 0) is 0 Å². The van der Waals surface area contributed by atoms with Crippen LogP contribution in [0.5, 0.6) is 0 Å². The third-order valence-electron chi connectivity index (χ3n) is 3.82. The summed E-state index contributed by atoms with van der Waals surface area (Å²) in [5, 5.41) is 0. The lowest BCUT2D eigenvalue weighted by Gasteiger charge is -2.47. The van der Waals surface area contributed by atoms with Crippen LogP contribution in [0.25, 0.3) is 0 Å². The molecule has 2 fully saturated rings. The largest absolute Gasteiger partial charge is 0.325 e. The van der Waals surface area contributed by atoms with Gasteiger partial charge in [-0.3, -0.25) is 0 Å². The van der Waals surface area contributed by atoms with Gasteiger partial charge < -0.3 is 10.6 Å². The van der Waals surface area contributed by atoms with Gasteiger partial charge in [0.25, 0.3) is 0 Å². The number of rotatable bonds is 1. The van der Waals surface area contributed by atoms with Crippen molar-refractivity contribution in [3.63, 3.8) is 0 Å². The lowest BCUT2D eigenvalue weighted by molar-refractivity contribution is 0.0421. The van der Waals surface area contributed by atoms with Crippen molar-refractivity contribution < 1.29 is 0 Å². The van der Waals surface area contributed by atoms with Crippen molar-refractivity contribution >= 4 is 0 Å². The van der Waals surface area contributed by atoms with Gasteiger partial charge in [-0.15, -0.1) is 0 Å². The first kappa shape index (κ1) is 9.47. The van der Waals surface area contributed by atoms with E-state index in [1.165, 1.54) is 38.9 Å². The summed E-state index contributed by atoms with van der Waals surface area (Å²) >= 11 is 0. The molecule has 2 saturated heterocycles. The summed E-state index contributed by atoms with van der Waals surface area (Å²) in [7, 11) is 0. The Morgan fingerprint density at radius 2 is 2.00 bits per heavy atom. The third kappa shape index (κ3) is 1.89. The van der Waals surface area contributed by atoms with E-state index in [-0.39, 0.29) is 5.54 Å². The van der Waals surface area contributed by atoms with Crippen LogP contribution in [0.3, 0.4) is 0 Å². The summed E-state index contributed by atoms with van der Waals surface area (Å²) in [6.07, 6.45) is 4.10. The first-order valence-electron chi connectivity index (χ1n) is 5.58. The van der Waals surface area contributed by atoms with Crippen molar-refractivity contribution in [2.75, 3.05) is 19.6 Å². The normalized spacial score (nSPS) is 40.4. The summed E-state index contributed by atoms with van der Waals surface area (Å²) in [6, 6.07) is 0. The predicted molar refractivity (Wildman–Crippen MR) is 55.5 cm³/mol. The van der Waals surface area contributed by atoms with Gasteiger partial charge in [-0.1, -0.05) is 0 Å². The molecule has 3 atom stereocenters. The molecular formula is C11H22N2. The fourth-order valence-corrected chi connectivity index (χ4v) is 3.16. The van der Waals surface area contributed by atoms with Gasteiger partial charge in [-0.05, 0) is 58.0 Å². The molecule has 2 N–H and O–H groups in total. The molecule has 2 bridgehead atoms. The molecule has 3 unspecified atom stereocenters. The second-order valence-corrected chi connectivity index (χ2v) is 5.42. The molecule has 13 heavy (non-hydrogen) atoms. The molecule has 0 radical (unpaired) electrons. The van der Waals surface area contributed by atoms with Gasteiger partial charge in [0.15, 0.2) is 0 Å². The van der Waals surface area contributed by atoms with Gasteiger partial charge >= 0.3 is 0 Å². The summed E-state index contributed by atoms with van der Waals surface area (Å²) in [5.41, 5.74) is 6.26. The number of hydrogen-bond acceptors (Lipinski definition) is 2. The Morgan fingerprint density at radius 1 is 1.23 bits per heavy atom. The van der Waals surface area contributed by atoms with E-state index >= 15 is 0 Å². The molecule has 0 amide bonds. The van der Waals surface area contributed by atoms with Crippen LogP contribution in [0.1, 0.15) is 33.1 Å². The maximum absolute atomic E-state index is 6.23. The Hall–Kier alpha value is -0.0800. The van der Waals surface area contributed by atoms with Crippen LogP contribution in [0.4, 0.5) is 0 Å². The monoisotopic (exact) mass is 182 g/mol. The lowest BCUT2D eigenvalue weighted by Crippen LogP contribution is -2.54. The van der Waals surface area contributed by atoms with E-state index in [0.29, 0.717) is 0 Å². The van der Waals surface area contributed by atoms with Gasteiger partial charge in [-0.2, -0.15) is 0 Å². The summed E-state index contributed by atoms with van der Waals surface area (Å²) < 4.78 is 0. The maximum Gasteiger partial charge on any atom is 0.0129 e. The molecule has 2 heterocycles. The molecule has 0 spiro atoms. The SMILES string of the molecule is CC(C)(N)C1CCN2CCCC1C2. The van der Waals surface area contributed by atoms with Crippen LogP contribution >= 0.6 is 0 Å². The molecule has 2 heteroatoms. The lowest BCUT2D eigenvalue weighted by atomic mass is 9.71. The number of hydrogen-bond donors (Lipinski definition) is 1. The Bertz CT molecular complexity index is 183. The maximum atomic E-state index is 6.23. The van der Waals surface area contributed by atoms with Crippen molar-refractivity contribution in [3.05, 3.63) is 0 Å². The summed E-state index contributed by atoms with van der Waals surface area (Å²) in [5.74, 6) is 1.63. The second kappa shape index (κ2) is 3.25. The molecule has 2 nitrogen and oxygen atoms in total. The van der Waals surface area contributed by atoms with E-state index in [9.17, 15) is 0 Å². The van der Waals surface area contributed by atoms with Gasteiger partial charge in [0.1, 0.15) is 0 Å². The third-order valence-corrected chi connectivity index (χ3v) is 3.82. The average molecular weight is 182 g/mol. The number of nitrogens with two attached hydrogens (primary N) is 1. The topological polar surface area (TPSA) is 29.3 Å². The Kier molecular flexibility index (Phi) is 2.37. The minimum atomic E-state index is 0.0358. The molecule has 0 aromatic heterocycles. The van der Waals surface area contributed by atoms with Gasteiger partial charge in [0, 0.05) is 12.1 Å². The molecule has 0 aromatic rings. The molecule has 2 aliphatic heterocycles. The van der Waals surface area contributed by atoms with E-state index in [2.05, 4.69) is 18.7 Å².